The Labute approximate surface area is 127 Å². The zero-order valence-electron chi connectivity index (χ0n) is 12.5. The summed E-state index contributed by atoms with van der Waals surface area (Å²) in [5.41, 5.74) is 9.64. The van der Waals surface area contributed by atoms with E-state index in [0.29, 0.717) is 12.1 Å². The van der Waals surface area contributed by atoms with E-state index < -0.39 is 41.0 Å². The van der Waals surface area contributed by atoms with Gasteiger partial charge in [0.1, 0.15) is 11.7 Å². The number of nitrogens with two attached hydrogens (primary N) is 2. The second-order valence-electron chi connectivity index (χ2n) is 5.92. The number of primary amides is 2. The molecule has 1 aromatic rings. The molecule has 5 N–H and O–H groups in total. The van der Waals surface area contributed by atoms with Crippen molar-refractivity contribution in [3.8, 4) is 0 Å². The van der Waals surface area contributed by atoms with Crippen molar-refractivity contribution in [1.82, 2.24) is 9.78 Å². The fourth-order valence-corrected chi connectivity index (χ4v) is 3.28. The monoisotopic (exact) mass is 308 g/mol. The molecule has 1 aromatic heterocycles. The quantitative estimate of drug-likeness (QED) is 0.606. The van der Waals surface area contributed by atoms with Gasteiger partial charge in [0.2, 0.25) is 11.8 Å². The lowest BCUT2D eigenvalue weighted by Crippen LogP contribution is -2.57. The predicted molar refractivity (Wildman–Crippen MR) is 76.3 cm³/mol. The highest BCUT2D eigenvalue weighted by Gasteiger charge is 2.55. The number of rotatable bonds is 4. The average molecular weight is 308 g/mol. The maximum Gasteiger partial charge on any atom is 0.228 e. The third-order valence-corrected chi connectivity index (χ3v) is 4.24. The van der Waals surface area contributed by atoms with Gasteiger partial charge < -0.3 is 16.6 Å². The molecule has 8 nitrogen and oxygen atoms in total. The molecule has 1 saturated carbocycles. The number of aliphatic hydroxyl groups is 1. The van der Waals surface area contributed by atoms with Crippen LogP contribution in [-0.4, -0.2) is 38.1 Å². The topological polar surface area (TPSA) is 141 Å². The summed E-state index contributed by atoms with van der Waals surface area (Å²) in [5, 5.41) is 14.6. The first-order chi connectivity index (χ1) is 10.2. The lowest BCUT2D eigenvalue weighted by atomic mass is 9.62. The summed E-state index contributed by atoms with van der Waals surface area (Å²) in [7, 11) is 0. The number of hydrogen-bond donors (Lipinski definition) is 3. The van der Waals surface area contributed by atoms with Crippen LogP contribution in [-0.2, 0) is 20.9 Å². The van der Waals surface area contributed by atoms with Crippen molar-refractivity contribution < 1.29 is 19.5 Å². The molecule has 0 radical (unpaired) electrons. The van der Waals surface area contributed by atoms with Gasteiger partial charge in [-0.3, -0.25) is 19.1 Å². The molecule has 0 spiro atoms. The van der Waals surface area contributed by atoms with Crippen LogP contribution in [0.15, 0.2) is 12.4 Å². The Hall–Kier alpha value is -2.22. The second kappa shape index (κ2) is 5.53. The van der Waals surface area contributed by atoms with E-state index in [0.717, 1.165) is 0 Å². The van der Waals surface area contributed by atoms with Crippen molar-refractivity contribution in [3.05, 3.63) is 18.0 Å². The molecule has 0 bridgehead atoms. The molecule has 1 heterocycles. The Kier molecular flexibility index (Phi) is 4.06. The SMILES string of the molecule is CCn1cc(C2C(C(N)=O)C(=O)CC(C)(O)C2C(N)=O)cn1. The Bertz CT molecular complexity index is 622. The lowest BCUT2D eigenvalue weighted by molar-refractivity contribution is -0.152. The van der Waals surface area contributed by atoms with Crippen molar-refractivity contribution in [2.75, 3.05) is 0 Å². The molecule has 2 amide bonds. The van der Waals surface area contributed by atoms with E-state index in [9.17, 15) is 19.5 Å². The highest BCUT2D eigenvalue weighted by molar-refractivity contribution is 6.04. The van der Waals surface area contributed by atoms with Crippen LogP contribution in [0, 0.1) is 11.8 Å². The van der Waals surface area contributed by atoms with E-state index in [1.165, 1.54) is 13.1 Å². The van der Waals surface area contributed by atoms with Gasteiger partial charge in [-0.25, -0.2) is 0 Å². The van der Waals surface area contributed by atoms with Crippen LogP contribution in [0.25, 0.3) is 0 Å². The zero-order chi connectivity index (χ0) is 16.7. The Morgan fingerprint density at radius 1 is 1.45 bits per heavy atom. The first kappa shape index (κ1) is 16.2. The van der Waals surface area contributed by atoms with Gasteiger partial charge in [0.05, 0.1) is 17.7 Å². The third kappa shape index (κ3) is 2.61. The summed E-state index contributed by atoms with van der Waals surface area (Å²) >= 11 is 0. The molecule has 8 heteroatoms. The van der Waals surface area contributed by atoms with Gasteiger partial charge in [-0.15, -0.1) is 0 Å². The summed E-state index contributed by atoms with van der Waals surface area (Å²) in [4.78, 5) is 35.9. The fraction of sp³-hybridized carbons (Fsp3) is 0.571. The zero-order valence-corrected chi connectivity index (χ0v) is 12.5. The summed E-state index contributed by atoms with van der Waals surface area (Å²) in [5.74, 6) is -5.32. The lowest BCUT2D eigenvalue weighted by Gasteiger charge is -2.42. The number of hydrogen-bond acceptors (Lipinski definition) is 5. The molecule has 1 aliphatic rings. The summed E-state index contributed by atoms with van der Waals surface area (Å²) in [6.07, 6.45) is 2.76. The first-order valence-electron chi connectivity index (χ1n) is 7.05. The molecule has 1 fully saturated rings. The maximum absolute atomic E-state index is 12.2. The number of carbonyl (C=O) groups excluding carboxylic acids is 3. The summed E-state index contributed by atoms with van der Waals surface area (Å²) in [6, 6.07) is 0. The molecule has 0 aliphatic heterocycles. The van der Waals surface area contributed by atoms with Gasteiger partial charge >= 0.3 is 0 Å². The number of nitrogens with zero attached hydrogens (tertiary/aromatic N) is 2. The van der Waals surface area contributed by atoms with Crippen LogP contribution in [0.2, 0.25) is 0 Å². The van der Waals surface area contributed by atoms with Crippen LogP contribution in [0.3, 0.4) is 0 Å². The molecular weight excluding hydrogens is 288 g/mol. The van der Waals surface area contributed by atoms with Gasteiger partial charge in [0.15, 0.2) is 0 Å². The highest BCUT2D eigenvalue weighted by atomic mass is 16.3. The Balaban J connectivity index is 2.58. The molecule has 0 aromatic carbocycles. The number of amides is 2. The van der Waals surface area contributed by atoms with Crippen LogP contribution in [0.1, 0.15) is 31.7 Å². The van der Waals surface area contributed by atoms with Crippen molar-refractivity contribution in [2.45, 2.75) is 38.3 Å². The Morgan fingerprint density at radius 2 is 2.09 bits per heavy atom. The standard InChI is InChI=1S/C14H20N4O4/c1-3-18-6-7(5-17-18)9-10(12(15)20)8(19)4-14(2,22)11(9)13(16)21/h5-6,9-11,22H,3-4H2,1-2H3,(H2,15,20)(H2,16,21). The van der Waals surface area contributed by atoms with E-state index in [1.54, 1.807) is 10.9 Å². The average Bonchev–Trinajstić information content (AvgIpc) is 2.83. The summed E-state index contributed by atoms with van der Waals surface area (Å²) in [6.45, 7) is 3.82. The van der Waals surface area contributed by atoms with Crippen molar-refractivity contribution in [1.29, 1.82) is 0 Å². The molecule has 4 atom stereocenters. The second-order valence-corrected chi connectivity index (χ2v) is 5.92. The molecule has 4 unspecified atom stereocenters. The van der Waals surface area contributed by atoms with Crippen molar-refractivity contribution >= 4 is 17.6 Å². The van der Waals surface area contributed by atoms with Crippen molar-refractivity contribution in [3.63, 3.8) is 0 Å². The molecule has 2 rings (SSSR count). The highest BCUT2D eigenvalue weighted by Crippen LogP contribution is 2.45. The number of aryl methyl sites for hydroxylation is 1. The summed E-state index contributed by atoms with van der Waals surface area (Å²) < 4.78 is 1.60. The largest absolute Gasteiger partial charge is 0.389 e. The third-order valence-electron chi connectivity index (χ3n) is 4.24. The Morgan fingerprint density at radius 3 is 2.55 bits per heavy atom. The van der Waals surface area contributed by atoms with E-state index in [-0.39, 0.29) is 6.42 Å². The van der Waals surface area contributed by atoms with Crippen LogP contribution in [0.4, 0.5) is 0 Å². The number of aromatic nitrogens is 2. The molecule has 22 heavy (non-hydrogen) atoms. The number of carbonyl (C=O) groups is 3. The first-order valence-corrected chi connectivity index (χ1v) is 7.05. The smallest absolute Gasteiger partial charge is 0.228 e. The fourth-order valence-electron chi connectivity index (χ4n) is 3.28. The maximum atomic E-state index is 12.2. The van der Waals surface area contributed by atoms with E-state index in [1.807, 2.05) is 6.92 Å². The van der Waals surface area contributed by atoms with Gasteiger partial charge in [-0.1, -0.05) is 0 Å². The van der Waals surface area contributed by atoms with E-state index in [4.69, 9.17) is 11.5 Å². The molecule has 120 valence electrons. The molecular formula is C14H20N4O4. The van der Waals surface area contributed by atoms with Gasteiger partial charge in [0.25, 0.3) is 0 Å². The predicted octanol–water partition coefficient (Wildman–Crippen LogP) is -1.09. The van der Waals surface area contributed by atoms with Crippen LogP contribution >= 0.6 is 0 Å². The van der Waals surface area contributed by atoms with Crippen LogP contribution < -0.4 is 11.5 Å². The minimum atomic E-state index is -1.63. The number of Topliss-reactive ketones (excluding diaryl/α,β-unsaturated/α-hetero) is 1. The van der Waals surface area contributed by atoms with E-state index in [2.05, 4.69) is 5.10 Å². The van der Waals surface area contributed by atoms with Crippen molar-refractivity contribution in [2.24, 2.45) is 23.3 Å². The minimum Gasteiger partial charge on any atom is -0.389 e. The van der Waals surface area contributed by atoms with Gasteiger partial charge in [0, 0.05) is 25.1 Å². The number of ketones is 1. The van der Waals surface area contributed by atoms with Gasteiger partial charge in [-0.05, 0) is 19.4 Å². The minimum absolute atomic E-state index is 0.341. The van der Waals surface area contributed by atoms with Crippen LogP contribution in [0.5, 0.6) is 0 Å². The molecule has 1 aliphatic carbocycles. The van der Waals surface area contributed by atoms with E-state index >= 15 is 0 Å². The van der Waals surface area contributed by atoms with Gasteiger partial charge in [-0.2, -0.15) is 5.10 Å². The normalized spacial score (nSPS) is 32.0. The molecule has 0 saturated heterocycles.